The number of furan rings is 1. The van der Waals surface area contributed by atoms with E-state index in [1.54, 1.807) is 36.4 Å². The van der Waals surface area contributed by atoms with E-state index in [9.17, 15) is 18.0 Å². The van der Waals surface area contributed by atoms with Gasteiger partial charge in [-0.25, -0.2) is 0 Å². The minimum Gasteiger partial charge on any atom is -0.467 e. The molecule has 0 N–H and O–H groups in total. The minimum atomic E-state index is -4.48. The molecule has 170 valence electrons. The van der Waals surface area contributed by atoms with Gasteiger partial charge in [0, 0.05) is 29.1 Å². The normalized spacial score (nSPS) is 11.5. The molecule has 0 saturated carbocycles. The first-order valence-electron chi connectivity index (χ1n) is 9.87. The molecule has 0 unspecified atom stereocenters. The van der Waals surface area contributed by atoms with Crippen LogP contribution in [-0.4, -0.2) is 27.5 Å². The molecule has 0 fully saturated rings. The highest BCUT2D eigenvalue weighted by molar-refractivity contribution is 6.30. The van der Waals surface area contributed by atoms with Gasteiger partial charge in [0.2, 0.25) is 11.7 Å². The van der Waals surface area contributed by atoms with Crippen molar-refractivity contribution >= 4 is 17.5 Å². The lowest BCUT2D eigenvalue weighted by molar-refractivity contribution is -0.137. The van der Waals surface area contributed by atoms with Crippen LogP contribution in [0.3, 0.4) is 0 Å². The third-order valence-corrected chi connectivity index (χ3v) is 5.05. The second-order valence-corrected chi connectivity index (χ2v) is 7.59. The maximum atomic E-state index is 13.0. The third kappa shape index (κ3) is 5.61. The van der Waals surface area contributed by atoms with E-state index in [4.69, 9.17) is 20.5 Å². The SMILES string of the molecule is O=C(c1ccc(C(F)(F)F)cc1)N(CCc1nc(-c2cccc(Cl)c2)no1)Cc1ccco1. The Balaban J connectivity index is 1.50. The Bertz CT molecular complexity index is 1220. The molecule has 10 heteroatoms. The Morgan fingerprint density at radius 3 is 2.52 bits per heavy atom. The lowest BCUT2D eigenvalue weighted by atomic mass is 10.1. The van der Waals surface area contributed by atoms with Crippen molar-refractivity contribution in [3.63, 3.8) is 0 Å². The molecule has 2 heterocycles. The predicted molar refractivity (Wildman–Crippen MR) is 113 cm³/mol. The van der Waals surface area contributed by atoms with E-state index in [0.29, 0.717) is 28.1 Å². The van der Waals surface area contributed by atoms with Gasteiger partial charge in [-0.1, -0.05) is 28.9 Å². The maximum Gasteiger partial charge on any atom is 0.416 e. The smallest absolute Gasteiger partial charge is 0.416 e. The van der Waals surface area contributed by atoms with Crippen molar-refractivity contribution in [2.45, 2.75) is 19.1 Å². The number of hydrogen-bond donors (Lipinski definition) is 0. The number of rotatable bonds is 7. The largest absolute Gasteiger partial charge is 0.467 e. The van der Waals surface area contributed by atoms with Crippen LogP contribution < -0.4 is 0 Å². The van der Waals surface area contributed by atoms with Crippen LogP contribution in [0.15, 0.2) is 75.9 Å². The van der Waals surface area contributed by atoms with Gasteiger partial charge < -0.3 is 13.8 Å². The zero-order valence-corrected chi connectivity index (χ0v) is 17.8. The maximum absolute atomic E-state index is 13.0. The van der Waals surface area contributed by atoms with Crippen molar-refractivity contribution in [1.29, 1.82) is 0 Å². The Hall–Kier alpha value is -3.59. The zero-order chi connectivity index (χ0) is 23.4. The average molecular weight is 476 g/mol. The topological polar surface area (TPSA) is 72.4 Å². The van der Waals surface area contributed by atoms with Crippen molar-refractivity contribution in [2.24, 2.45) is 0 Å². The standard InChI is InChI=1S/C23H17ClF3N3O3/c24-18-4-1-3-16(13-18)21-28-20(33-29-21)10-11-30(14-19-5-2-12-32-19)22(31)15-6-8-17(9-7-15)23(25,26)27/h1-9,12-13H,10-11,14H2. The first-order valence-corrected chi connectivity index (χ1v) is 10.2. The van der Waals surface area contributed by atoms with Gasteiger partial charge >= 0.3 is 6.18 Å². The summed E-state index contributed by atoms with van der Waals surface area (Å²) in [6.45, 7) is 0.305. The fourth-order valence-corrected chi connectivity index (χ4v) is 3.35. The second-order valence-electron chi connectivity index (χ2n) is 7.15. The number of carbonyl (C=O) groups is 1. The first-order chi connectivity index (χ1) is 15.8. The number of halogens is 4. The summed E-state index contributed by atoms with van der Waals surface area (Å²) in [5, 5.41) is 4.48. The highest BCUT2D eigenvalue weighted by Gasteiger charge is 2.30. The quantitative estimate of drug-likeness (QED) is 0.333. The van der Waals surface area contributed by atoms with E-state index in [0.717, 1.165) is 24.3 Å². The Morgan fingerprint density at radius 2 is 1.85 bits per heavy atom. The number of aromatic nitrogens is 2. The third-order valence-electron chi connectivity index (χ3n) is 4.82. The highest BCUT2D eigenvalue weighted by Crippen LogP contribution is 2.29. The summed E-state index contributed by atoms with van der Waals surface area (Å²) in [4.78, 5) is 18.8. The number of carbonyl (C=O) groups excluding carboxylic acids is 1. The van der Waals surface area contributed by atoms with Crippen molar-refractivity contribution in [2.75, 3.05) is 6.54 Å². The summed E-state index contributed by atoms with van der Waals surface area (Å²) >= 11 is 6.00. The molecule has 4 aromatic rings. The summed E-state index contributed by atoms with van der Waals surface area (Å²) in [6.07, 6.45) is -2.76. The summed E-state index contributed by atoms with van der Waals surface area (Å²) in [6, 6.07) is 14.5. The van der Waals surface area contributed by atoms with Gasteiger partial charge in [0.15, 0.2) is 0 Å². The van der Waals surface area contributed by atoms with Gasteiger partial charge in [0.05, 0.1) is 18.4 Å². The molecule has 2 aromatic heterocycles. The van der Waals surface area contributed by atoms with E-state index in [2.05, 4.69) is 10.1 Å². The van der Waals surface area contributed by atoms with E-state index in [-0.39, 0.29) is 25.1 Å². The molecule has 0 bridgehead atoms. The monoisotopic (exact) mass is 475 g/mol. The number of alkyl halides is 3. The number of nitrogens with zero attached hydrogens (tertiary/aromatic N) is 3. The predicted octanol–water partition coefficient (Wildman–Crippen LogP) is 5.89. The molecule has 0 aliphatic carbocycles. The van der Waals surface area contributed by atoms with Gasteiger partial charge in [0.25, 0.3) is 5.91 Å². The van der Waals surface area contributed by atoms with Crippen LogP contribution in [0.25, 0.3) is 11.4 Å². The molecular weight excluding hydrogens is 459 g/mol. The molecule has 4 rings (SSSR count). The van der Waals surface area contributed by atoms with Gasteiger partial charge in [-0.3, -0.25) is 4.79 Å². The van der Waals surface area contributed by atoms with E-state index in [1.807, 2.05) is 0 Å². The van der Waals surface area contributed by atoms with Crippen LogP contribution in [0.5, 0.6) is 0 Å². The Labute approximate surface area is 191 Å². The molecule has 0 radical (unpaired) electrons. The molecule has 0 saturated heterocycles. The Kier molecular flexibility index (Phi) is 6.50. The van der Waals surface area contributed by atoms with Crippen LogP contribution >= 0.6 is 11.6 Å². The van der Waals surface area contributed by atoms with Gasteiger partial charge in [-0.15, -0.1) is 0 Å². The van der Waals surface area contributed by atoms with Crippen LogP contribution in [0, 0.1) is 0 Å². The van der Waals surface area contributed by atoms with E-state index >= 15 is 0 Å². The highest BCUT2D eigenvalue weighted by atomic mass is 35.5. The molecule has 0 atom stereocenters. The fraction of sp³-hybridized carbons (Fsp3) is 0.174. The number of benzene rings is 2. The first kappa shape index (κ1) is 22.6. The molecule has 6 nitrogen and oxygen atoms in total. The summed E-state index contributed by atoms with van der Waals surface area (Å²) < 4.78 is 49.2. The molecule has 2 aromatic carbocycles. The minimum absolute atomic E-state index is 0.125. The fourth-order valence-electron chi connectivity index (χ4n) is 3.16. The summed E-state index contributed by atoms with van der Waals surface area (Å²) in [7, 11) is 0. The van der Waals surface area contributed by atoms with Crippen molar-refractivity contribution in [3.8, 4) is 11.4 Å². The van der Waals surface area contributed by atoms with Crippen molar-refractivity contribution in [1.82, 2.24) is 15.0 Å². The van der Waals surface area contributed by atoms with Crippen LogP contribution in [0.2, 0.25) is 5.02 Å². The van der Waals surface area contributed by atoms with Crippen LogP contribution in [-0.2, 0) is 19.1 Å². The molecule has 0 spiro atoms. The summed E-state index contributed by atoms with van der Waals surface area (Å²) in [5.41, 5.74) is -0.0125. The van der Waals surface area contributed by atoms with Crippen LogP contribution in [0.1, 0.15) is 27.6 Å². The molecule has 0 aliphatic rings. The average Bonchev–Trinajstić information content (AvgIpc) is 3.48. The van der Waals surface area contributed by atoms with Crippen LogP contribution in [0.4, 0.5) is 13.2 Å². The van der Waals surface area contributed by atoms with Gasteiger partial charge in [0.1, 0.15) is 5.76 Å². The molecular formula is C23H17ClF3N3O3. The second kappa shape index (κ2) is 9.50. The van der Waals surface area contributed by atoms with Gasteiger partial charge in [-0.2, -0.15) is 18.2 Å². The van der Waals surface area contributed by atoms with Crippen molar-refractivity contribution in [3.05, 3.63) is 94.7 Å². The van der Waals surface area contributed by atoms with E-state index in [1.165, 1.54) is 11.2 Å². The molecule has 1 amide bonds. The van der Waals surface area contributed by atoms with Gasteiger partial charge in [-0.05, 0) is 48.5 Å². The van der Waals surface area contributed by atoms with Crippen molar-refractivity contribution < 1.29 is 26.9 Å². The lowest BCUT2D eigenvalue weighted by Crippen LogP contribution is -2.32. The summed E-state index contributed by atoms with van der Waals surface area (Å²) in [5.74, 6) is 0.740. The lowest BCUT2D eigenvalue weighted by Gasteiger charge is -2.21. The number of hydrogen-bond acceptors (Lipinski definition) is 5. The molecule has 33 heavy (non-hydrogen) atoms. The zero-order valence-electron chi connectivity index (χ0n) is 17.1. The number of amides is 1. The molecule has 0 aliphatic heterocycles. The Morgan fingerprint density at radius 1 is 1.06 bits per heavy atom. The van der Waals surface area contributed by atoms with E-state index < -0.39 is 17.6 Å².